The van der Waals surface area contributed by atoms with Gasteiger partial charge in [-0.3, -0.25) is 10.1 Å². The molecule has 18 heavy (non-hydrogen) atoms. The molecule has 1 fully saturated rings. The van der Waals surface area contributed by atoms with E-state index >= 15 is 0 Å². The normalized spacial score (nSPS) is 17.9. The Hall–Kier alpha value is -0.990. The van der Waals surface area contributed by atoms with Crippen molar-refractivity contribution < 1.29 is 13.3 Å². The lowest BCUT2D eigenvalue weighted by atomic mass is 10.2. The zero-order valence-corrected chi connectivity index (χ0v) is 11.7. The van der Waals surface area contributed by atoms with Gasteiger partial charge < -0.3 is 0 Å². The second kappa shape index (κ2) is 4.60. The van der Waals surface area contributed by atoms with Gasteiger partial charge in [0.2, 0.25) is 0 Å². The van der Waals surface area contributed by atoms with Crippen LogP contribution in [0.3, 0.4) is 0 Å². The van der Waals surface area contributed by atoms with Crippen molar-refractivity contribution in [1.82, 2.24) is 4.31 Å². The fraction of sp³-hybridized carbons (Fsp3) is 0.600. The van der Waals surface area contributed by atoms with Crippen molar-refractivity contribution >= 4 is 26.4 Å². The molecule has 0 aromatic carbocycles. The summed E-state index contributed by atoms with van der Waals surface area (Å²) >= 11 is 0.697. The first-order chi connectivity index (χ1) is 8.34. The van der Waals surface area contributed by atoms with Crippen LogP contribution < -0.4 is 0 Å². The van der Waals surface area contributed by atoms with Crippen LogP contribution in [0.5, 0.6) is 0 Å². The number of hydrogen-bond donors (Lipinski definition) is 0. The number of hydrogen-bond acceptors (Lipinski definition) is 5. The molecule has 1 aliphatic carbocycles. The molecule has 1 heterocycles. The van der Waals surface area contributed by atoms with Gasteiger partial charge in [0.1, 0.15) is 4.21 Å². The third-order valence-electron chi connectivity index (χ3n) is 3.26. The Balaban J connectivity index is 2.26. The van der Waals surface area contributed by atoms with Crippen molar-refractivity contribution in [2.45, 2.75) is 30.0 Å². The van der Waals surface area contributed by atoms with E-state index in [9.17, 15) is 18.5 Å². The highest BCUT2D eigenvalue weighted by Crippen LogP contribution is 2.37. The molecule has 0 aliphatic heterocycles. The van der Waals surface area contributed by atoms with Crippen molar-refractivity contribution in [3.63, 3.8) is 0 Å². The third kappa shape index (κ3) is 2.40. The van der Waals surface area contributed by atoms with Gasteiger partial charge in [0, 0.05) is 19.2 Å². The van der Waals surface area contributed by atoms with E-state index in [1.54, 1.807) is 0 Å². The van der Waals surface area contributed by atoms with E-state index < -0.39 is 14.9 Å². The van der Waals surface area contributed by atoms with Gasteiger partial charge in [-0.25, -0.2) is 8.42 Å². The molecular weight excluding hydrogens is 276 g/mol. The minimum absolute atomic E-state index is 0.0317. The maximum Gasteiger partial charge on any atom is 0.325 e. The highest BCUT2D eigenvalue weighted by Gasteiger charge is 2.37. The number of nitro groups is 1. The largest absolute Gasteiger partial charge is 0.325 e. The molecule has 6 nitrogen and oxygen atoms in total. The monoisotopic (exact) mass is 290 g/mol. The zero-order chi connectivity index (χ0) is 13.5. The standard InChI is InChI=1S/C10H14N2O4S2/c1-7(8-3-4-8)11(2)18(15,16)10-6-5-9(17-10)12(13)14/h5-8H,3-4H2,1-2H3. The van der Waals surface area contributed by atoms with Gasteiger partial charge in [-0.15, -0.1) is 0 Å². The minimum Gasteiger partial charge on any atom is -0.258 e. The Kier molecular flexibility index (Phi) is 3.43. The van der Waals surface area contributed by atoms with Crippen LogP contribution in [0.25, 0.3) is 0 Å². The van der Waals surface area contributed by atoms with E-state index in [4.69, 9.17) is 0 Å². The summed E-state index contributed by atoms with van der Waals surface area (Å²) in [6.07, 6.45) is 2.09. The average Bonchev–Trinajstić information content (AvgIpc) is 3.02. The molecule has 8 heteroatoms. The summed E-state index contributed by atoms with van der Waals surface area (Å²) in [6, 6.07) is 2.47. The summed E-state index contributed by atoms with van der Waals surface area (Å²) in [5, 5.41) is 10.4. The Morgan fingerprint density at radius 1 is 1.50 bits per heavy atom. The number of sulfonamides is 1. The molecule has 1 saturated carbocycles. The summed E-state index contributed by atoms with van der Waals surface area (Å²) in [5.41, 5.74) is 0. The van der Waals surface area contributed by atoms with Crippen molar-refractivity contribution in [3.05, 3.63) is 22.2 Å². The highest BCUT2D eigenvalue weighted by atomic mass is 32.2. The Bertz CT molecular complexity index is 562. The zero-order valence-electron chi connectivity index (χ0n) is 10.1. The van der Waals surface area contributed by atoms with Gasteiger partial charge in [-0.05, 0) is 43.1 Å². The molecule has 0 amide bonds. The van der Waals surface area contributed by atoms with E-state index in [2.05, 4.69) is 0 Å². The fourth-order valence-corrected chi connectivity index (χ4v) is 4.50. The number of nitrogens with zero attached hydrogens (tertiary/aromatic N) is 2. The lowest BCUT2D eigenvalue weighted by molar-refractivity contribution is -0.380. The molecule has 0 spiro atoms. The molecule has 2 rings (SSSR count). The van der Waals surface area contributed by atoms with Crippen molar-refractivity contribution in [2.24, 2.45) is 5.92 Å². The maximum absolute atomic E-state index is 12.3. The molecule has 0 N–H and O–H groups in total. The smallest absolute Gasteiger partial charge is 0.258 e. The molecule has 0 radical (unpaired) electrons. The van der Waals surface area contributed by atoms with Crippen LogP contribution in [0.15, 0.2) is 16.3 Å². The predicted molar refractivity (Wildman–Crippen MR) is 68.1 cm³/mol. The molecule has 1 atom stereocenters. The van der Waals surface area contributed by atoms with Crippen LogP contribution >= 0.6 is 11.3 Å². The summed E-state index contributed by atoms with van der Waals surface area (Å²) < 4.78 is 25.9. The van der Waals surface area contributed by atoms with Crippen LogP contribution in [-0.2, 0) is 10.0 Å². The summed E-state index contributed by atoms with van der Waals surface area (Å²) in [7, 11) is -2.08. The van der Waals surface area contributed by atoms with E-state index in [1.807, 2.05) is 6.92 Å². The van der Waals surface area contributed by atoms with Crippen molar-refractivity contribution in [3.8, 4) is 0 Å². The first-order valence-electron chi connectivity index (χ1n) is 5.56. The summed E-state index contributed by atoms with van der Waals surface area (Å²) in [5.74, 6) is 0.416. The molecule has 1 aliphatic rings. The van der Waals surface area contributed by atoms with Gasteiger partial charge >= 0.3 is 5.00 Å². The molecule has 1 unspecified atom stereocenters. The molecule has 100 valence electrons. The lowest BCUT2D eigenvalue weighted by Gasteiger charge is -2.23. The quantitative estimate of drug-likeness (QED) is 0.614. The van der Waals surface area contributed by atoms with Crippen LogP contribution in [0.4, 0.5) is 5.00 Å². The van der Waals surface area contributed by atoms with Gasteiger partial charge in [0.05, 0.1) is 4.92 Å². The average molecular weight is 290 g/mol. The van der Waals surface area contributed by atoms with Crippen molar-refractivity contribution in [2.75, 3.05) is 7.05 Å². The second-order valence-electron chi connectivity index (χ2n) is 4.45. The minimum atomic E-state index is -3.61. The van der Waals surface area contributed by atoms with Crippen LogP contribution in [0, 0.1) is 16.0 Å². The van der Waals surface area contributed by atoms with Crippen LogP contribution in [0.2, 0.25) is 0 Å². The second-order valence-corrected chi connectivity index (χ2v) is 7.74. The van der Waals surface area contributed by atoms with Crippen molar-refractivity contribution in [1.29, 1.82) is 0 Å². The maximum atomic E-state index is 12.3. The predicted octanol–water partition coefficient (Wildman–Crippen LogP) is 2.08. The summed E-state index contributed by atoms with van der Waals surface area (Å²) in [4.78, 5) is 10.00. The molecule has 0 bridgehead atoms. The lowest BCUT2D eigenvalue weighted by Crippen LogP contribution is -2.36. The highest BCUT2D eigenvalue weighted by molar-refractivity contribution is 7.91. The molecule has 1 aromatic heterocycles. The molecule has 1 aromatic rings. The van der Waals surface area contributed by atoms with Gasteiger partial charge in [-0.2, -0.15) is 4.31 Å². The van der Waals surface area contributed by atoms with E-state index in [1.165, 1.54) is 23.5 Å². The first-order valence-corrected chi connectivity index (χ1v) is 7.82. The first kappa shape index (κ1) is 13.4. The van der Waals surface area contributed by atoms with Crippen LogP contribution in [-0.4, -0.2) is 30.7 Å². The molecular formula is C10H14N2O4S2. The third-order valence-corrected chi connectivity index (χ3v) is 6.71. The topological polar surface area (TPSA) is 80.5 Å². The van der Waals surface area contributed by atoms with Crippen LogP contribution in [0.1, 0.15) is 19.8 Å². The fourth-order valence-electron chi connectivity index (χ4n) is 1.78. The summed E-state index contributed by atoms with van der Waals surface area (Å²) in [6.45, 7) is 1.87. The van der Waals surface area contributed by atoms with E-state index in [-0.39, 0.29) is 15.3 Å². The Morgan fingerprint density at radius 2 is 2.11 bits per heavy atom. The Labute approximate surface area is 109 Å². The SMILES string of the molecule is CC(C1CC1)N(C)S(=O)(=O)c1ccc([N+](=O)[O-])s1. The van der Waals surface area contributed by atoms with E-state index in [0.29, 0.717) is 17.3 Å². The number of rotatable bonds is 5. The van der Waals surface area contributed by atoms with Gasteiger partial charge in [-0.1, -0.05) is 0 Å². The Morgan fingerprint density at radius 3 is 2.56 bits per heavy atom. The number of thiophene rings is 1. The van der Waals surface area contributed by atoms with Gasteiger partial charge in [0.25, 0.3) is 10.0 Å². The van der Waals surface area contributed by atoms with Gasteiger partial charge in [0.15, 0.2) is 0 Å². The van der Waals surface area contributed by atoms with E-state index in [0.717, 1.165) is 12.8 Å². The molecule has 0 saturated heterocycles.